The summed E-state index contributed by atoms with van der Waals surface area (Å²) in [6, 6.07) is 10.5. The number of rotatable bonds is 7. The molecule has 1 aromatic rings. The lowest BCUT2D eigenvalue weighted by Crippen LogP contribution is -2.40. The van der Waals surface area contributed by atoms with Gasteiger partial charge >= 0.3 is 0 Å². The van der Waals surface area contributed by atoms with E-state index in [0.717, 1.165) is 18.4 Å². The van der Waals surface area contributed by atoms with Crippen LogP contribution in [0.15, 0.2) is 30.3 Å². The lowest BCUT2D eigenvalue weighted by atomic mass is 10.1. The summed E-state index contributed by atoms with van der Waals surface area (Å²) in [7, 11) is 0. The Hall–Kier alpha value is -1.84. The molecule has 0 bridgehead atoms. The van der Waals surface area contributed by atoms with Crippen molar-refractivity contribution < 1.29 is 9.59 Å². The number of nitrogens with zero attached hydrogens (tertiary/aromatic N) is 2. The van der Waals surface area contributed by atoms with Gasteiger partial charge in [0, 0.05) is 38.5 Å². The Balaban J connectivity index is 1.93. The van der Waals surface area contributed by atoms with Gasteiger partial charge in [-0.05, 0) is 32.3 Å². The predicted molar refractivity (Wildman–Crippen MR) is 87.2 cm³/mol. The van der Waals surface area contributed by atoms with Crippen LogP contribution in [0.4, 0.5) is 0 Å². The summed E-state index contributed by atoms with van der Waals surface area (Å²) in [6.45, 7) is 6.82. The molecule has 1 aliphatic rings. The van der Waals surface area contributed by atoms with E-state index in [1.165, 1.54) is 0 Å². The maximum absolute atomic E-state index is 12.5. The molecule has 120 valence electrons. The molecule has 4 heteroatoms. The summed E-state index contributed by atoms with van der Waals surface area (Å²) in [6.07, 6.45) is 2.55. The first-order valence-electron chi connectivity index (χ1n) is 8.09. The van der Waals surface area contributed by atoms with Gasteiger partial charge in [0.1, 0.15) is 0 Å². The van der Waals surface area contributed by atoms with Crippen LogP contribution in [0.25, 0.3) is 0 Å². The van der Waals surface area contributed by atoms with Crippen LogP contribution in [0.1, 0.15) is 45.6 Å². The van der Waals surface area contributed by atoms with E-state index < -0.39 is 0 Å². The van der Waals surface area contributed by atoms with Crippen molar-refractivity contribution in [3.63, 3.8) is 0 Å². The molecule has 2 amide bonds. The molecule has 22 heavy (non-hydrogen) atoms. The molecule has 0 atom stereocenters. The third-order valence-corrected chi connectivity index (χ3v) is 4.10. The Morgan fingerprint density at radius 3 is 2.32 bits per heavy atom. The monoisotopic (exact) mass is 302 g/mol. The Morgan fingerprint density at radius 2 is 1.82 bits per heavy atom. The zero-order valence-electron chi connectivity index (χ0n) is 13.8. The number of benzene rings is 1. The molecule has 1 fully saturated rings. The van der Waals surface area contributed by atoms with Crippen LogP contribution in [-0.2, 0) is 16.1 Å². The molecule has 0 unspecified atom stereocenters. The SMILES string of the molecule is CC(=O)N(CCC(=O)N(Cc1ccccc1)C(C)C)C1CC1. The van der Waals surface area contributed by atoms with E-state index in [1.54, 1.807) is 6.92 Å². The first kappa shape index (κ1) is 16.5. The fourth-order valence-corrected chi connectivity index (χ4v) is 2.68. The molecule has 0 aliphatic heterocycles. The molecule has 0 saturated heterocycles. The number of hydrogen-bond donors (Lipinski definition) is 0. The van der Waals surface area contributed by atoms with Gasteiger partial charge in [-0.25, -0.2) is 0 Å². The molecule has 0 aromatic heterocycles. The van der Waals surface area contributed by atoms with Gasteiger partial charge in [0.05, 0.1) is 0 Å². The predicted octanol–water partition coefficient (Wildman–Crippen LogP) is 2.82. The smallest absolute Gasteiger partial charge is 0.224 e. The van der Waals surface area contributed by atoms with Crippen molar-refractivity contribution in [2.24, 2.45) is 0 Å². The minimum Gasteiger partial charge on any atom is -0.339 e. The highest BCUT2D eigenvalue weighted by molar-refractivity contribution is 5.78. The highest BCUT2D eigenvalue weighted by Crippen LogP contribution is 2.27. The number of carbonyl (C=O) groups excluding carboxylic acids is 2. The summed E-state index contributed by atoms with van der Waals surface area (Å²) >= 11 is 0. The van der Waals surface area contributed by atoms with Crippen LogP contribution >= 0.6 is 0 Å². The molecule has 1 aliphatic carbocycles. The van der Waals surface area contributed by atoms with Gasteiger partial charge < -0.3 is 9.80 Å². The normalized spacial score (nSPS) is 14.0. The topological polar surface area (TPSA) is 40.6 Å². The minimum atomic E-state index is 0.0782. The molecule has 0 radical (unpaired) electrons. The van der Waals surface area contributed by atoms with Crippen LogP contribution in [0.3, 0.4) is 0 Å². The molecule has 4 nitrogen and oxygen atoms in total. The maximum atomic E-state index is 12.5. The van der Waals surface area contributed by atoms with Crippen LogP contribution < -0.4 is 0 Å². The second-order valence-corrected chi connectivity index (χ2v) is 6.29. The third-order valence-electron chi connectivity index (χ3n) is 4.10. The van der Waals surface area contributed by atoms with E-state index in [-0.39, 0.29) is 17.9 Å². The third kappa shape index (κ3) is 4.58. The largest absolute Gasteiger partial charge is 0.339 e. The van der Waals surface area contributed by atoms with Crippen molar-refractivity contribution in [3.8, 4) is 0 Å². The van der Waals surface area contributed by atoms with E-state index in [9.17, 15) is 9.59 Å². The fraction of sp³-hybridized carbons (Fsp3) is 0.556. The molecule has 0 heterocycles. The van der Waals surface area contributed by atoms with Gasteiger partial charge in [-0.3, -0.25) is 9.59 Å². The summed E-state index contributed by atoms with van der Waals surface area (Å²) in [5.74, 6) is 0.195. The number of carbonyl (C=O) groups is 2. The van der Waals surface area contributed by atoms with Crippen LogP contribution in [0.2, 0.25) is 0 Å². The van der Waals surface area contributed by atoms with E-state index in [2.05, 4.69) is 0 Å². The standard InChI is InChI=1S/C18H26N2O2/c1-14(2)20(13-16-7-5-4-6-8-16)18(22)11-12-19(15(3)21)17-9-10-17/h4-8,14,17H,9-13H2,1-3H3. The van der Waals surface area contributed by atoms with Crippen molar-refractivity contribution in [3.05, 3.63) is 35.9 Å². The lowest BCUT2D eigenvalue weighted by molar-refractivity contribution is -0.135. The second kappa shape index (κ2) is 7.43. The summed E-state index contributed by atoms with van der Waals surface area (Å²) in [4.78, 5) is 27.9. The average molecular weight is 302 g/mol. The van der Waals surface area contributed by atoms with Crippen molar-refractivity contribution >= 4 is 11.8 Å². The Bertz CT molecular complexity index is 509. The minimum absolute atomic E-state index is 0.0782. The average Bonchev–Trinajstić information content (AvgIpc) is 3.30. The Labute approximate surface area is 133 Å². The van der Waals surface area contributed by atoms with E-state index in [1.807, 2.05) is 54.0 Å². The Morgan fingerprint density at radius 1 is 1.18 bits per heavy atom. The molecule has 0 N–H and O–H groups in total. The highest BCUT2D eigenvalue weighted by atomic mass is 16.2. The fourth-order valence-electron chi connectivity index (χ4n) is 2.68. The Kier molecular flexibility index (Phi) is 5.58. The van der Waals surface area contributed by atoms with Crippen molar-refractivity contribution in [1.82, 2.24) is 9.80 Å². The van der Waals surface area contributed by atoms with Gasteiger partial charge in [0.25, 0.3) is 0 Å². The van der Waals surface area contributed by atoms with Gasteiger partial charge in [-0.1, -0.05) is 30.3 Å². The first-order valence-corrected chi connectivity index (χ1v) is 8.09. The van der Waals surface area contributed by atoms with Crippen molar-refractivity contribution in [2.45, 2.75) is 58.7 Å². The molecule has 0 spiro atoms. The first-order chi connectivity index (χ1) is 10.5. The summed E-state index contributed by atoms with van der Waals surface area (Å²) in [5.41, 5.74) is 1.13. The molecular weight excluding hydrogens is 276 g/mol. The maximum Gasteiger partial charge on any atom is 0.224 e. The summed E-state index contributed by atoms with van der Waals surface area (Å²) < 4.78 is 0. The van der Waals surface area contributed by atoms with Crippen LogP contribution in [0, 0.1) is 0 Å². The van der Waals surface area contributed by atoms with Crippen molar-refractivity contribution in [2.75, 3.05) is 6.54 Å². The zero-order chi connectivity index (χ0) is 16.1. The number of hydrogen-bond acceptors (Lipinski definition) is 2. The lowest BCUT2D eigenvalue weighted by Gasteiger charge is -2.28. The zero-order valence-corrected chi connectivity index (χ0v) is 13.8. The highest BCUT2D eigenvalue weighted by Gasteiger charge is 2.31. The quantitative estimate of drug-likeness (QED) is 0.777. The molecule has 1 saturated carbocycles. The van der Waals surface area contributed by atoms with E-state index >= 15 is 0 Å². The van der Waals surface area contributed by atoms with Gasteiger partial charge in [-0.15, -0.1) is 0 Å². The number of amides is 2. The van der Waals surface area contributed by atoms with Crippen LogP contribution in [-0.4, -0.2) is 40.2 Å². The van der Waals surface area contributed by atoms with Gasteiger partial charge in [0.15, 0.2) is 0 Å². The van der Waals surface area contributed by atoms with Crippen molar-refractivity contribution in [1.29, 1.82) is 0 Å². The van der Waals surface area contributed by atoms with Gasteiger partial charge in [-0.2, -0.15) is 0 Å². The second-order valence-electron chi connectivity index (χ2n) is 6.29. The summed E-state index contributed by atoms with van der Waals surface area (Å²) in [5, 5.41) is 0. The van der Waals surface area contributed by atoms with E-state index in [0.29, 0.717) is 25.6 Å². The molecular formula is C18H26N2O2. The molecule has 2 rings (SSSR count). The van der Waals surface area contributed by atoms with Gasteiger partial charge in [0.2, 0.25) is 11.8 Å². The molecule has 1 aromatic carbocycles. The van der Waals surface area contributed by atoms with E-state index in [4.69, 9.17) is 0 Å². The van der Waals surface area contributed by atoms with Crippen LogP contribution in [0.5, 0.6) is 0 Å².